The van der Waals surface area contributed by atoms with E-state index in [0.29, 0.717) is 32.3 Å². The summed E-state index contributed by atoms with van der Waals surface area (Å²) in [5, 5.41) is 11.0. The van der Waals surface area contributed by atoms with Crippen molar-refractivity contribution in [2.75, 3.05) is 33.4 Å². The molecule has 0 aliphatic heterocycles. The Morgan fingerprint density at radius 3 is 2.86 bits per heavy atom. The van der Waals surface area contributed by atoms with Gasteiger partial charge >= 0.3 is 0 Å². The normalized spacial score (nSPS) is 12.6. The minimum Gasteiger partial charge on any atom is -0.491 e. The van der Waals surface area contributed by atoms with Crippen LogP contribution in [0.25, 0.3) is 0 Å². The Hall–Kier alpha value is -2.54. The third-order valence-electron chi connectivity index (χ3n) is 4.26. The van der Waals surface area contributed by atoms with E-state index >= 15 is 0 Å². The number of rotatable bonds is 11. The third kappa shape index (κ3) is 7.60. The lowest BCUT2D eigenvalue weighted by Crippen LogP contribution is -2.39. The fourth-order valence-electron chi connectivity index (χ4n) is 2.76. The Morgan fingerprint density at radius 2 is 2.14 bits per heavy atom. The SMILES string of the molecule is CCOCCOc1cc(C)ccc1CNC(=NC)NCC(C)Cn1cccn1. The first-order valence-corrected chi connectivity index (χ1v) is 9.84. The van der Waals surface area contributed by atoms with Gasteiger partial charge in [-0.1, -0.05) is 19.1 Å². The quantitative estimate of drug-likeness (QED) is 0.352. The molecule has 2 aromatic rings. The van der Waals surface area contributed by atoms with Crippen LogP contribution in [-0.2, 0) is 17.8 Å². The van der Waals surface area contributed by atoms with Crippen LogP contribution in [0.4, 0.5) is 0 Å². The molecular weight excluding hydrogens is 354 g/mol. The van der Waals surface area contributed by atoms with E-state index in [0.717, 1.165) is 30.4 Å². The maximum Gasteiger partial charge on any atom is 0.191 e. The first-order valence-electron chi connectivity index (χ1n) is 9.84. The number of aliphatic imine (C=N–C) groups is 1. The summed E-state index contributed by atoms with van der Waals surface area (Å²) in [6, 6.07) is 8.18. The van der Waals surface area contributed by atoms with Crippen molar-refractivity contribution in [1.29, 1.82) is 0 Å². The van der Waals surface area contributed by atoms with E-state index in [2.05, 4.69) is 52.8 Å². The average Bonchev–Trinajstić information content (AvgIpc) is 3.19. The molecule has 1 aromatic heterocycles. The molecule has 0 aliphatic carbocycles. The molecule has 0 aliphatic rings. The summed E-state index contributed by atoms with van der Waals surface area (Å²) in [6.07, 6.45) is 3.78. The smallest absolute Gasteiger partial charge is 0.191 e. The maximum absolute atomic E-state index is 5.91. The molecule has 2 N–H and O–H groups in total. The number of ether oxygens (including phenoxy) is 2. The molecule has 1 unspecified atom stereocenters. The molecule has 154 valence electrons. The Morgan fingerprint density at radius 1 is 1.29 bits per heavy atom. The molecule has 0 fully saturated rings. The standard InChI is InChI=1S/C21H33N5O2/c1-5-27-11-12-28-20-13-17(2)7-8-19(20)15-24-21(22-4)23-14-18(3)16-26-10-6-9-25-26/h6-10,13,18H,5,11-12,14-16H2,1-4H3,(H2,22,23,24). The van der Waals surface area contributed by atoms with Gasteiger partial charge in [-0.2, -0.15) is 5.10 Å². The molecule has 0 radical (unpaired) electrons. The van der Waals surface area contributed by atoms with Gasteiger partial charge in [0.05, 0.1) is 6.61 Å². The van der Waals surface area contributed by atoms with Crippen LogP contribution in [0.3, 0.4) is 0 Å². The highest BCUT2D eigenvalue weighted by Gasteiger charge is 2.08. The summed E-state index contributed by atoms with van der Waals surface area (Å²) in [4.78, 5) is 4.32. The second kappa shape index (κ2) is 12.0. The van der Waals surface area contributed by atoms with Gasteiger partial charge in [-0.05, 0) is 37.5 Å². The molecule has 7 nitrogen and oxygen atoms in total. The van der Waals surface area contributed by atoms with Gasteiger partial charge in [-0.15, -0.1) is 0 Å². The first-order chi connectivity index (χ1) is 13.6. The highest BCUT2D eigenvalue weighted by Crippen LogP contribution is 2.20. The number of guanidine groups is 1. The zero-order chi connectivity index (χ0) is 20.2. The molecule has 0 bridgehead atoms. The lowest BCUT2D eigenvalue weighted by atomic mass is 10.1. The van der Waals surface area contributed by atoms with E-state index in [1.807, 2.05) is 23.9 Å². The number of benzene rings is 1. The Labute approximate surface area is 168 Å². The van der Waals surface area contributed by atoms with Crippen LogP contribution in [0.2, 0.25) is 0 Å². The molecule has 28 heavy (non-hydrogen) atoms. The molecule has 0 amide bonds. The summed E-state index contributed by atoms with van der Waals surface area (Å²) in [6.45, 7) is 10.4. The minimum absolute atomic E-state index is 0.426. The van der Waals surface area contributed by atoms with E-state index in [4.69, 9.17) is 9.47 Å². The summed E-state index contributed by atoms with van der Waals surface area (Å²) < 4.78 is 13.2. The van der Waals surface area contributed by atoms with E-state index in [9.17, 15) is 0 Å². The minimum atomic E-state index is 0.426. The molecule has 0 spiro atoms. The van der Waals surface area contributed by atoms with Crippen molar-refractivity contribution in [3.63, 3.8) is 0 Å². The van der Waals surface area contributed by atoms with Crippen molar-refractivity contribution in [1.82, 2.24) is 20.4 Å². The average molecular weight is 388 g/mol. The van der Waals surface area contributed by atoms with Crippen molar-refractivity contribution >= 4 is 5.96 Å². The summed E-state index contributed by atoms with van der Waals surface area (Å²) in [7, 11) is 1.78. The van der Waals surface area contributed by atoms with E-state index < -0.39 is 0 Å². The highest BCUT2D eigenvalue weighted by molar-refractivity contribution is 5.79. The Balaban J connectivity index is 1.83. The number of hydrogen-bond donors (Lipinski definition) is 2. The van der Waals surface area contributed by atoms with Crippen molar-refractivity contribution in [3.8, 4) is 5.75 Å². The maximum atomic E-state index is 5.91. The summed E-state index contributed by atoms with van der Waals surface area (Å²) in [5.74, 6) is 2.08. The molecule has 7 heteroatoms. The second-order valence-corrected chi connectivity index (χ2v) is 6.80. The van der Waals surface area contributed by atoms with Crippen molar-refractivity contribution in [2.45, 2.75) is 33.9 Å². The molecule has 0 saturated carbocycles. The number of nitrogens with one attached hydrogen (secondary N) is 2. The lowest BCUT2D eigenvalue weighted by Gasteiger charge is -2.17. The molecular formula is C21H33N5O2. The van der Waals surface area contributed by atoms with Crippen LogP contribution in [0.1, 0.15) is 25.0 Å². The van der Waals surface area contributed by atoms with Crippen molar-refractivity contribution in [3.05, 3.63) is 47.8 Å². The predicted molar refractivity (Wildman–Crippen MR) is 113 cm³/mol. The summed E-state index contributed by atoms with van der Waals surface area (Å²) in [5.41, 5.74) is 2.26. The second-order valence-electron chi connectivity index (χ2n) is 6.80. The lowest BCUT2D eigenvalue weighted by molar-refractivity contribution is 0.110. The number of aryl methyl sites for hydroxylation is 1. The fourth-order valence-corrected chi connectivity index (χ4v) is 2.76. The van der Waals surface area contributed by atoms with Gasteiger partial charge in [0.1, 0.15) is 12.4 Å². The van der Waals surface area contributed by atoms with Crippen LogP contribution in [-0.4, -0.2) is 49.2 Å². The predicted octanol–water partition coefficient (Wildman–Crippen LogP) is 2.61. The van der Waals surface area contributed by atoms with E-state index in [1.165, 1.54) is 5.56 Å². The van der Waals surface area contributed by atoms with Crippen LogP contribution >= 0.6 is 0 Å². The van der Waals surface area contributed by atoms with Gasteiger partial charge in [-0.25, -0.2) is 0 Å². The van der Waals surface area contributed by atoms with E-state index in [-0.39, 0.29) is 0 Å². The first kappa shape index (κ1) is 21.8. The Bertz CT molecular complexity index is 716. The van der Waals surface area contributed by atoms with Gasteiger partial charge in [0.2, 0.25) is 0 Å². The number of hydrogen-bond acceptors (Lipinski definition) is 4. The van der Waals surface area contributed by atoms with Crippen LogP contribution < -0.4 is 15.4 Å². The van der Waals surface area contributed by atoms with Crippen LogP contribution in [0.15, 0.2) is 41.7 Å². The summed E-state index contributed by atoms with van der Waals surface area (Å²) >= 11 is 0. The van der Waals surface area contributed by atoms with Crippen LogP contribution in [0.5, 0.6) is 5.75 Å². The molecule has 1 heterocycles. The molecule has 1 atom stereocenters. The molecule has 0 saturated heterocycles. The highest BCUT2D eigenvalue weighted by atomic mass is 16.5. The van der Waals surface area contributed by atoms with Gasteiger partial charge in [0.25, 0.3) is 0 Å². The largest absolute Gasteiger partial charge is 0.491 e. The zero-order valence-electron chi connectivity index (χ0n) is 17.4. The monoisotopic (exact) mass is 387 g/mol. The molecule has 2 rings (SSSR count). The number of nitrogens with zero attached hydrogens (tertiary/aromatic N) is 3. The van der Waals surface area contributed by atoms with Crippen LogP contribution in [0, 0.1) is 12.8 Å². The fraction of sp³-hybridized carbons (Fsp3) is 0.524. The van der Waals surface area contributed by atoms with Gasteiger partial charge in [0, 0.05) is 51.2 Å². The van der Waals surface area contributed by atoms with Gasteiger partial charge in [0.15, 0.2) is 5.96 Å². The molecule has 1 aromatic carbocycles. The topological polar surface area (TPSA) is 72.7 Å². The zero-order valence-corrected chi connectivity index (χ0v) is 17.4. The van der Waals surface area contributed by atoms with E-state index in [1.54, 1.807) is 13.2 Å². The Kier molecular flexibility index (Phi) is 9.34. The number of aromatic nitrogens is 2. The van der Waals surface area contributed by atoms with Gasteiger partial charge in [-0.3, -0.25) is 9.67 Å². The van der Waals surface area contributed by atoms with Crippen molar-refractivity contribution in [2.24, 2.45) is 10.9 Å². The van der Waals surface area contributed by atoms with Crippen molar-refractivity contribution < 1.29 is 9.47 Å². The van der Waals surface area contributed by atoms with Gasteiger partial charge < -0.3 is 20.1 Å². The third-order valence-corrected chi connectivity index (χ3v) is 4.26.